The Morgan fingerprint density at radius 2 is 1.49 bits per heavy atom. The van der Waals surface area contributed by atoms with Gasteiger partial charge in [0.25, 0.3) is 0 Å². The maximum atomic E-state index is 14.8. The molecule has 1 unspecified atom stereocenters. The number of nitrogen functional groups attached to an aromatic ring is 1. The van der Waals surface area contributed by atoms with E-state index in [2.05, 4.69) is 29.1 Å². The SMILES string of the molecule is CCCCCCCCCCCCCCCCCCOC[C@H](COP(=O)(OC[C@H]1O[C@@](C#N)(c2ccc3c(N)ncnn23)[C@@H]2OC(C)(C)O[C@@H]21)Oc1ccccc1Cl)OCc1ccccc1C#N. The Kier molecular flexibility index (Phi) is 20.3. The molecule has 0 saturated carbocycles. The molecule has 0 bridgehead atoms. The van der Waals surface area contributed by atoms with Crippen LogP contribution in [0.15, 0.2) is 67.0 Å². The molecular formula is C50H68ClN6O9P. The zero-order chi connectivity index (χ0) is 47.5. The Balaban J connectivity index is 1.06. The molecule has 2 aromatic carbocycles. The highest BCUT2D eigenvalue weighted by atomic mass is 35.5. The lowest BCUT2D eigenvalue weighted by molar-refractivity contribution is -0.204. The lowest BCUT2D eigenvalue weighted by atomic mass is 9.92. The monoisotopic (exact) mass is 962 g/mol. The number of phosphoric ester groups is 1. The van der Waals surface area contributed by atoms with Crippen LogP contribution < -0.4 is 10.3 Å². The van der Waals surface area contributed by atoms with E-state index in [0.717, 1.165) is 19.3 Å². The van der Waals surface area contributed by atoms with Gasteiger partial charge in [0, 0.05) is 6.61 Å². The van der Waals surface area contributed by atoms with Gasteiger partial charge in [-0.3, -0.25) is 9.05 Å². The van der Waals surface area contributed by atoms with Crippen molar-refractivity contribution in [3.05, 3.63) is 88.8 Å². The zero-order valence-electron chi connectivity index (χ0n) is 39.3. The van der Waals surface area contributed by atoms with Crippen molar-refractivity contribution in [2.75, 3.05) is 32.2 Å². The van der Waals surface area contributed by atoms with Crippen LogP contribution in [0.2, 0.25) is 5.02 Å². The highest BCUT2D eigenvalue weighted by Crippen LogP contribution is 2.54. The van der Waals surface area contributed by atoms with Crippen molar-refractivity contribution in [3.8, 4) is 17.9 Å². The third-order valence-electron chi connectivity index (χ3n) is 12.2. The first kappa shape index (κ1) is 52.3. The molecule has 4 aromatic rings. The van der Waals surface area contributed by atoms with Crippen molar-refractivity contribution in [2.24, 2.45) is 0 Å². The van der Waals surface area contributed by atoms with Crippen LogP contribution in [-0.2, 0) is 49.5 Å². The summed E-state index contributed by atoms with van der Waals surface area (Å²) in [4.78, 5) is 4.07. The van der Waals surface area contributed by atoms with Gasteiger partial charge in [-0.2, -0.15) is 15.6 Å². The summed E-state index contributed by atoms with van der Waals surface area (Å²) < 4.78 is 65.9. The number of nitrogens with zero attached hydrogens (tertiary/aromatic N) is 5. The number of fused-ring (bicyclic) bond motifs is 2. The first-order valence-corrected chi connectivity index (χ1v) is 25.9. The molecule has 4 heterocycles. The predicted molar refractivity (Wildman–Crippen MR) is 255 cm³/mol. The van der Waals surface area contributed by atoms with Crippen molar-refractivity contribution in [3.63, 3.8) is 0 Å². The number of hydrogen-bond acceptors (Lipinski definition) is 14. The molecular weight excluding hydrogens is 895 g/mol. The fourth-order valence-electron chi connectivity index (χ4n) is 8.61. The van der Waals surface area contributed by atoms with Crippen LogP contribution in [0, 0.1) is 22.7 Å². The average Bonchev–Trinajstić information content (AvgIpc) is 4.00. The number of nitrogens with two attached hydrogens (primary N) is 1. The number of hydrogen-bond donors (Lipinski definition) is 1. The molecule has 2 fully saturated rings. The lowest BCUT2D eigenvalue weighted by Gasteiger charge is -2.29. The van der Waals surface area contributed by atoms with Gasteiger partial charge >= 0.3 is 7.82 Å². The smallest absolute Gasteiger partial charge is 0.402 e. The highest BCUT2D eigenvalue weighted by molar-refractivity contribution is 7.48. The predicted octanol–water partition coefficient (Wildman–Crippen LogP) is 11.6. The van der Waals surface area contributed by atoms with E-state index in [-0.39, 0.29) is 36.4 Å². The van der Waals surface area contributed by atoms with Gasteiger partial charge in [-0.15, -0.1) is 0 Å². The van der Waals surface area contributed by atoms with Gasteiger partial charge < -0.3 is 33.9 Å². The van der Waals surface area contributed by atoms with E-state index < -0.39 is 50.2 Å². The minimum absolute atomic E-state index is 0.0581. The van der Waals surface area contributed by atoms with Gasteiger partial charge in [0.05, 0.1) is 48.8 Å². The summed E-state index contributed by atoms with van der Waals surface area (Å²) in [5.74, 6) is -0.845. The number of para-hydroxylation sites is 1. The third-order valence-corrected chi connectivity index (χ3v) is 13.8. The molecule has 0 spiro atoms. The molecule has 15 nitrogen and oxygen atoms in total. The molecule has 67 heavy (non-hydrogen) atoms. The molecule has 2 saturated heterocycles. The quantitative estimate of drug-likeness (QED) is 0.0369. The summed E-state index contributed by atoms with van der Waals surface area (Å²) in [6, 6.07) is 21.5. The van der Waals surface area contributed by atoms with Crippen LogP contribution in [0.5, 0.6) is 5.75 Å². The molecule has 0 radical (unpaired) electrons. The van der Waals surface area contributed by atoms with Crippen molar-refractivity contribution in [1.29, 1.82) is 10.5 Å². The Morgan fingerprint density at radius 1 is 0.836 bits per heavy atom. The number of rotatable bonds is 31. The fourth-order valence-corrected chi connectivity index (χ4v) is 10.1. The van der Waals surface area contributed by atoms with Crippen LogP contribution in [-0.4, -0.2) is 71.2 Å². The van der Waals surface area contributed by atoms with Crippen LogP contribution >= 0.6 is 19.4 Å². The molecule has 2 N–H and O–H groups in total. The lowest BCUT2D eigenvalue weighted by Crippen LogP contribution is -2.40. The summed E-state index contributed by atoms with van der Waals surface area (Å²) in [6.45, 7) is 5.72. The van der Waals surface area contributed by atoms with E-state index in [0.29, 0.717) is 28.9 Å². The number of aromatic nitrogens is 3. The Morgan fingerprint density at radius 3 is 2.16 bits per heavy atom. The van der Waals surface area contributed by atoms with Crippen molar-refractivity contribution in [1.82, 2.24) is 14.6 Å². The maximum absolute atomic E-state index is 14.8. The number of ether oxygens (including phenoxy) is 5. The highest BCUT2D eigenvalue weighted by Gasteiger charge is 2.65. The van der Waals surface area contributed by atoms with Crippen LogP contribution in [0.1, 0.15) is 140 Å². The second-order valence-electron chi connectivity index (χ2n) is 17.8. The second-order valence-corrected chi connectivity index (χ2v) is 19.8. The van der Waals surface area contributed by atoms with Crippen LogP contribution in [0.3, 0.4) is 0 Å². The number of benzene rings is 2. The molecule has 17 heteroatoms. The van der Waals surface area contributed by atoms with Gasteiger partial charge in [-0.25, -0.2) is 14.1 Å². The van der Waals surface area contributed by atoms with Crippen molar-refractivity contribution >= 4 is 30.8 Å². The summed E-state index contributed by atoms with van der Waals surface area (Å²) in [6.07, 6.45) is 18.2. The fraction of sp³-hybridized carbons (Fsp3) is 0.600. The Hall–Kier alpha value is -4.12. The van der Waals surface area contributed by atoms with Gasteiger partial charge in [-0.1, -0.05) is 145 Å². The first-order chi connectivity index (χ1) is 32.5. The van der Waals surface area contributed by atoms with E-state index in [4.69, 9.17) is 54.6 Å². The number of halogens is 1. The molecule has 2 aromatic heterocycles. The topological polar surface area (TPSA) is 195 Å². The summed E-state index contributed by atoms with van der Waals surface area (Å²) in [5.41, 5.74) is 6.34. The molecule has 2 aliphatic heterocycles. The zero-order valence-corrected chi connectivity index (χ0v) is 41.0. The number of anilines is 1. The molecule has 364 valence electrons. The van der Waals surface area contributed by atoms with Crippen molar-refractivity contribution < 1.29 is 41.8 Å². The normalized spacial score (nSPS) is 21.1. The number of phosphoric acid groups is 1. The number of unbranched alkanes of at least 4 members (excludes halogenated alkanes) is 15. The first-order valence-electron chi connectivity index (χ1n) is 24.1. The van der Waals surface area contributed by atoms with Crippen LogP contribution in [0.25, 0.3) is 5.52 Å². The van der Waals surface area contributed by atoms with Crippen molar-refractivity contribution in [2.45, 2.75) is 166 Å². The Labute approximate surface area is 401 Å². The van der Waals surface area contributed by atoms with E-state index in [1.165, 1.54) is 94.3 Å². The number of nitriles is 2. The minimum atomic E-state index is -4.56. The van der Waals surface area contributed by atoms with Gasteiger partial charge in [0.1, 0.15) is 48.1 Å². The van der Waals surface area contributed by atoms with Gasteiger partial charge in [0.2, 0.25) is 5.60 Å². The summed E-state index contributed by atoms with van der Waals surface area (Å²) >= 11 is 6.48. The minimum Gasteiger partial charge on any atom is -0.402 e. The standard InChI is InChI=1S/C50H68ClN6O9P/c1-4-5-6-7-8-9-10-11-12-13-14-15-16-17-18-23-30-59-33-40(60-32-39-25-20-19-24-38(39)31-52)34-61-67(58,66-43-27-22-21-26-41(43)51)62-35-44-46-47(65-49(2,3)64-46)50(36-53,63-44)45-29-28-42-48(54)55-37-56-57(42)45/h19-22,24-29,37,40,44,46-47H,4-18,23,30,32-35H2,1-3H3,(H2,54,55,56)/t40-,44-,46-,47-,50+,67?/m1/s1. The Bertz CT molecular complexity index is 2290. The maximum Gasteiger partial charge on any atom is 0.530 e. The van der Waals surface area contributed by atoms with E-state index in [1.54, 1.807) is 62.4 Å². The molecule has 6 rings (SSSR count). The largest absolute Gasteiger partial charge is 0.530 e. The van der Waals surface area contributed by atoms with E-state index >= 15 is 0 Å². The average molecular weight is 964 g/mol. The molecule has 0 aliphatic carbocycles. The van der Waals surface area contributed by atoms with E-state index in [9.17, 15) is 15.1 Å². The molecule has 6 atom stereocenters. The third kappa shape index (κ3) is 14.7. The van der Waals surface area contributed by atoms with Crippen LogP contribution in [0.4, 0.5) is 5.82 Å². The van der Waals surface area contributed by atoms with Gasteiger partial charge in [0.15, 0.2) is 11.6 Å². The summed E-state index contributed by atoms with van der Waals surface area (Å²) in [5, 5.41) is 25.1. The van der Waals surface area contributed by atoms with E-state index in [1.807, 2.05) is 12.1 Å². The summed E-state index contributed by atoms with van der Waals surface area (Å²) in [7, 11) is -4.56. The molecule has 0 amide bonds. The molecule has 2 aliphatic rings. The second kappa shape index (κ2) is 26.0. The van der Waals surface area contributed by atoms with Gasteiger partial charge in [-0.05, 0) is 56.2 Å².